The zero-order chi connectivity index (χ0) is 6.69. The number of rotatable bonds is 1. The molecule has 0 radical (unpaired) electrons. The molecule has 0 saturated heterocycles. The van der Waals surface area contributed by atoms with E-state index in [2.05, 4.69) is 56.1 Å². The van der Waals surface area contributed by atoms with Crippen molar-refractivity contribution >= 4 is 31.8 Å². The highest BCUT2D eigenvalue weighted by Crippen LogP contribution is 2.13. The van der Waals surface area contributed by atoms with Crippen molar-refractivity contribution in [1.82, 2.24) is 0 Å². The minimum absolute atomic E-state index is 1.05. The van der Waals surface area contributed by atoms with E-state index in [1.54, 1.807) is 0 Å². The quantitative estimate of drug-likeness (QED) is 0.531. The Morgan fingerprint density at radius 1 is 1.33 bits per heavy atom. The van der Waals surface area contributed by atoms with Gasteiger partial charge in [-0.15, -0.1) is 9.24 Å². The lowest BCUT2D eigenvalue weighted by Crippen LogP contribution is -1.79. The van der Waals surface area contributed by atoms with Gasteiger partial charge in [0.2, 0.25) is 0 Å². The van der Waals surface area contributed by atoms with Crippen LogP contribution in [0.1, 0.15) is 5.56 Å². The van der Waals surface area contributed by atoms with Gasteiger partial charge >= 0.3 is 0 Å². The van der Waals surface area contributed by atoms with Crippen LogP contribution in [0.25, 0.3) is 0 Å². The van der Waals surface area contributed by atoms with Crippen molar-refractivity contribution in [3.8, 4) is 0 Å². The summed E-state index contributed by atoms with van der Waals surface area (Å²) in [7, 11) is 2.72. The Balaban J connectivity index is 3.01. The molecule has 1 aromatic rings. The van der Waals surface area contributed by atoms with Gasteiger partial charge in [0.1, 0.15) is 0 Å². The highest BCUT2D eigenvalue weighted by atomic mass is 127. The van der Waals surface area contributed by atoms with E-state index >= 15 is 0 Å². The third kappa shape index (κ3) is 1.91. The van der Waals surface area contributed by atoms with Gasteiger partial charge in [-0.1, -0.05) is 18.2 Å². The summed E-state index contributed by atoms with van der Waals surface area (Å²) in [6.07, 6.45) is 1.05. The van der Waals surface area contributed by atoms with Crippen LogP contribution in [0, 0.1) is 3.57 Å². The van der Waals surface area contributed by atoms with Gasteiger partial charge in [-0.3, -0.25) is 0 Å². The van der Waals surface area contributed by atoms with Gasteiger partial charge < -0.3 is 0 Å². The topological polar surface area (TPSA) is 0 Å². The third-order valence-corrected chi connectivity index (χ3v) is 2.67. The number of benzene rings is 1. The summed E-state index contributed by atoms with van der Waals surface area (Å²) in [6.45, 7) is 0. The molecule has 1 rings (SSSR count). The molecule has 0 N–H and O–H groups in total. The number of hydrogen-bond donors (Lipinski definition) is 0. The first-order chi connectivity index (χ1) is 4.34. The maximum atomic E-state index is 2.72. The number of halogens is 1. The Morgan fingerprint density at radius 3 is 2.44 bits per heavy atom. The monoisotopic (exact) mass is 250 g/mol. The van der Waals surface area contributed by atoms with E-state index in [1.807, 2.05) is 0 Å². The standard InChI is InChI=1S/C7H8IP/c8-7-4-2-1-3-6(7)5-9/h1-4H,5,9H2. The molecule has 0 saturated carbocycles. The van der Waals surface area contributed by atoms with Crippen molar-refractivity contribution in [2.75, 3.05) is 0 Å². The molecule has 0 amide bonds. The summed E-state index contributed by atoms with van der Waals surface area (Å²) in [6, 6.07) is 8.40. The predicted molar refractivity (Wildman–Crippen MR) is 52.6 cm³/mol. The van der Waals surface area contributed by atoms with Gasteiger partial charge in [-0.05, 0) is 40.4 Å². The van der Waals surface area contributed by atoms with Crippen LogP contribution < -0.4 is 0 Å². The second-order valence-electron chi connectivity index (χ2n) is 1.80. The predicted octanol–water partition coefficient (Wildman–Crippen LogP) is 2.67. The van der Waals surface area contributed by atoms with Crippen LogP contribution in [0.2, 0.25) is 0 Å². The largest absolute Gasteiger partial charge is 0.133 e. The van der Waals surface area contributed by atoms with Crippen LogP contribution in [-0.2, 0) is 6.16 Å². The maximum absolute atomic E-state index is 2.72. The van der Waals surface area contributed by atoms with E-state index in [0.717, 1.165) is 6.16 Å². The average molecular weight is 250 g/mol. The van der Waals surface area contributed by atoms with Crippen molar-refractivity contribution in [3.63, 3.8) is 0 Å². The molecule has 48 valence electrons. The first-order valence-corrected chi connectivity index (χ1v) is 4.67. The SMILES string of the molecule is PCc1ccccc1I. The second-order valence-corrected chi connectivity index (χ2v) is 3.37. The van der Waals surface area contributed by atoms with Crippen molar-refractivity contribution in [2.45, 2.75) is 6.16 Å². The van der Waals surface area contributed by atoms with Crippen LogP contribution in [0.15, 0.2) is 24.3 Å². The lowest BCUT2D eigenvalue weighted by atomic mass is 10.2. The molecule has 1 aromatic carbocycles. The average Bonchev–Trinajstić information content (AvgIpc) is 1.89. The Hall–Kier alpha value is 0.380. The van der Waals surface area contributed by atoms with Crippen molar-refractivity contribution < 1.29 is 0 Å². The fourth-order valence-electron chi connectivity index (χ4n) is 0.664. The van der Waals surface area contributed by atoms with Gasteiger partial charge in [0.05, 0.1) is 0 Å². The minimum Gasteiger partial charge on any atom is -0.133 e. The molecule has 0 bridgehead atoms. The molecule has 1 unspecified atom stereocenters. The first-order valence-electron chi connectivity index (χ1n) is 2.78. The molecule has 0 aliphatic rings. The molecule has 0 heterocycles. The molecule has 0 fully saturated rings. The first kappa shape index (κ1) is 7.49. The van der Waals surface area contributed by atoms with Crippen molar-refractivity contribution in [3.05, 3.63) is 33.4 Å². The molecule has 9 heavy (non-hydrogen) atoms. The maximum Gasteiger partial charge on any atom is 0.0165 e. The molecule has 0 aromatic heterocycles. The molecule has 0 aliphatic heterocycles. The fourth-order valence-corrected chi connectivity index (χ4v) is 2.04. The highest BCUT2D eigenvalue weighted by molar-refractivity contribution is 14.1. The Morgan fingerprint density at radius 2 is 2.00 bits per heavy atom. The van der Waals surface area contributed by atoms with E-state index < -0.39 is 0 Å². The van der Waals surface area contributed by atoms with Crippen molar-refractivity contribution in [1.29, 1.82) is 0 Å². The fraction of sp³-hybridized carbons (Fsp3) is 0.143. The Kier molecular flexibility index (Phi) is 2.93. The summed E-state index contributed by atoms with van der Waals surface area (Å²) < 4.78 is 1.35. The smallest absolute Gasteiger partial charge is 0.0165 e. The number of hydrogen-bond acceptors (Lipinski definition) is 0. The molecular formula is C7H8IP. The molecule has 0 aliphatic carbocycles. The van der Waals surface area contributed by atoms with E-state index in [1.165, 1.54) is 9.13 Å². The normalized spacial score (nSPS) is 9.56. The van der Waals surface area contributed by atoms with Crippen LogP contribution in [0.3, 0.4) is 0 Å². The van der Waals surface area contributed by atoms with Gasteiger partial charge in [0, 0.05) is 3.57 Å². The molecular weight excluding hydrogens is 242 g/mol. The minimum atomic E-state index is 1.05. The molecule has 1 atom stereocenters. The summed E-state index contributed by atoms with van der Waals surface area (Å²) >= 11 is 2.35. The second kappa shape index (κ2) is 3.52. The van der Waals surface area contributed by atoms with Gasteiger partial charge in [-0.2, -0.15) is 0 Å². The molecule has 0 nitrogen and oxygen atoms in total. The van der Waals surface area contributed by atoms with Gasteiger partial charge in [-0.25, -0.2) is 0 Å². The highest BCUT2D eigenvalue weighted by Gasteiger charge is 1.91. The van der Waals surface area contributed by atoms with Crippen LogP contribution in [0.5, 0.6) is 0 Å². The molecule has 2 heteroatoms. The van der Waals surface area contributed by atoms with Crippen LogP contribution in [-0.4, -0.2) is 0 Å². The summed E-state index contributed by atoms with van der Waals surface area (Å²) in [5.74, 6) is 0. The summed E-state index contributed by atoms with van der Waals surface area (Å²) in [4.78, 5) is 0. The lowest BCUT2D eigenvalue weighted by Gasteiger charge is -1.96. The van der Waals surface area contributed by atoms with E-state index in [9.17, 15) is 0 Å². The lowest BCUT2D eigenvalue weighted by molar-refractivity contribution is 1.38. The van der Waals surface area contributed by atoms with Crippen molar-refractivity contribution in [2.24, 2.45) is 0 Å². The summed E-state index contributed by atoms with van der Waals surface area (Å²) in [5, 5.41) is 0. The van der Waals surface area contributed by atoms with Crippen LogP contribution in [0.4, 0.5) is 0 Å². The van der Waals surface area contributed by atoms with E-state index in [-0.39, 0.29) is 0 Å². The zero-order valence-electron chi connectivity index (χ0n) is 4.97. The Labute approximate surface area is 71.4 Å². The van der Waals surface area contributed by atoms with Crippen LogP contribution >= 0.6 is 31.8 Å². The third-order valence-electron chi connectivity index (χ3n) is 1.18. The van der Waals surface area contributed by atoms with Gasteiger partial charge in [0.25, 0.3) is 0 Å². The van der Waals surface area contributed by atoms with E-state index in [0.29, 0.717) is 0 Å². The summed E-state index contributed by atoms with van der Waals surface area (Å²) in [5.41, 5.74) is 1.41. The van der Waals surface area contributed by atoms with E-state index in [4.69, 9.17) is 0 Å². The van der Waals surface area contributed by atoms with Gasteiger partial charge in [0.15, 0.2) is 0 Å². The Bertz CT molecular complexity index is 198. The molecule has 0 spiro atoms. The zero-order valence-corrected chi connectivity index (χ0v) is 8.28.